The fraction of sp³-hybridized carbons (Fsp3) is 0.125. The van der Waals surface area contributed by atoms with Gasteiger partial charge in [-0.25, -0.2) is 4.79 Å². The van der Waals surface area contributed by atoms with Gasteiger partial charge in [-0.05, 0) is 12.1 Å². The van der Waals surface area contributed by atoms with Crippen LogP contribution in [0.4, 0.5) is 4.79 Å². The Morgan fingerprint density at radius 1 is 1.27 bits per heavy atom. The van der Waals surface area contributed by atoms with E-state index >= 15 is 0 Å². The first kappa shape index (κ1) is 9.98. The number of hydrogen-bond donors (Lipinski definition) is 0. The van der Waals surface area contributed by atoms with E-state index in [9.17, 15) is 4.79 Å². The molecule has 0 spiro atoms. The molecule has 0 amide bonds. The fourth-order valence-corrected chi connectivity index (χ4v) is 0.670. The van der Waals surface area contributed by atoms with Gasteiger partial charge in [0.15, 0.2) is 0 Å². The Hall–Kier alpha value is -1.02. The molecule has 0 saturated carbocycles. The molecule has 1 aromatic rings. The maximum absolute atomic E-state index is 10.2. The van der Waals surface area contributed by atoms with Crippen molar-refractivity contribution in [2.24, 2.45) is 0 Å². The third-order valence-corrected chi connectivity index (χ3v) is 1.02. The zero-order valence-corrected chi connectivity index (χ0v) is 5.84. The molecule has 1 aromatic carbocycles. The monoisotopic (exact) mass is 172 g/mol. The molecule has 0 N–H and O–H groups in total. The van der Waals surface area contributed by atoms with Crippen molar-refractivity contribution in [3.8, 4) is 5.75 Å². The highest BCUT2D eigenvalue weighted by molar-refractivity contribution is 6.61. The summed E-state index contributed by atoms with van der Waals surface area (Å²) in [6.45, 7) is 0. The molecule has 11 heavy (non-hydrogen) atoms. The van der Waals surface area contributed by atoms with E-state index in [-0.39, 0.29) is 7.43 Å². The van der Waals surface area contributed by atoms with E-state index in [1.165, 1.54) is 0 Å². The Balaban J connectivity index is 0.000001000. The average Bonchev–Trinajstić information content (AvgIpc) is 1.88. The second-order valence-electron chi connectivity index (χ2n) is 1.65. The molecule has 0 fully saturated rings. The standard InChI is InChI=1S/C7H5ClO2.CH4/c8-7(9)10-6-4-2-1-3-5-6;/h1-5H;1H4. The van der Waals surface area contributed by atoms with Crippen LogP contribution in [0, 0.1) is 0 Å². The first-order valence-electron chi connectivity index (χ1n) is 2.71. The largest absolute Gasteiger partial charge is 0.415 e. The molecule has 0 saturated heterocycles. The molecular weight excluding hydrogens is 164 g/mol. The lowest BCUT2D eigenvalue weighted by atomic mass is 10.3. The van der Waals surface area contributed by atoms with Crippen LogP contribution in [-0.2, 0) is 0 Å². The zero-order chi connectivity index (χ0) is 7.40. The molecule has 3 heteroatoms. The number of carbonyl (C=O) groups excluding carboxylic acids is 1. The van der Waals surface area contributed by atoms with E-state index in [1.807, 2.05) is 6.07 Å². The van der Waals surface area contributed by atoms with Crippen LogP contribution in [0.5, 0.6) is 5.75 Å². The Bertz CT molecular complexity index is 221. The van der Waals surface area contributed by atoms with Gasteiger partial charge in [-0.3, -0.25) is 0 Å². The van der Waals surface area contributed by atoms with Crippen molar-refractivity contribution in [2.45, 2.75) is 7.43 Å². The molecule has 0 aliphatic carbocycles. The topological polar surface area (TPSA) is 26.3 Å². The maximum Gasteiger partial charge on any atom is 0.409 e. The van der Waals surface area contributed by atoms with Crippen molar-refractivity contribution < 1.29 is 9.53 Å². The van der Waals surface area contributed by atoms with Gasteiger partial charge in [0.25, 0.3) is 0 Å². The summed E-state index contributed by atoms with van der Waals surface area (Å²) in [5.41, 5.74) is -0.814. The smallest absolute Gasteiger partial charge is 0.409 e. The molecule has 1 rings (SSSR count). The van der Waals surface area contributed by atoms with Crippen LogP contribution in [0.3, 0.4) is 0 Å². The minimum Gasteiger partial charge on any atom is -0.415 e. The SMILES string of the molecule is C.O=C(Cl)Oc1ccccc1. The Labute approximate surface area is 70.7 Å². The van der Waals surface area contributed by atoms with Gasteiger partial charge in [0.1, 0.15) is 5.75 Å². The van der Waals surface area contributed by atoms with Gasteiger partial charge in [-0.15, -0.1) is 0 Å². The van der Waals surface area contributed by atoms with Crippen LogP contribution in [-0.4, -0.2) is 5.43 Å². The van der Waals surface area contributed by atoms with Gasteiger partial charge >= 0.3 is 5.43 Å². The Kier molecular flexibility index (Phi) is 4.30. The third kappa shape index (κ3) is 3.63. The predicted molar refractivity (Wildman–Crippen MR) is 45.1 cm³/mol. The van der Waals surface area contributed by atoms with Crippen molar-refractivity contribution in [1.82, 2.24) is 0 Å². The summed E-state index contributed by atoms with van der Waals surface area (Å²) in [7, 11) is 0. The summed E-state index contributed by atoms with van der Waals surface area (Å²) in [6.07, 6.45) is 0. The minimum absolute atomic E-state index is 0. The normalized spacial score (nSPS) is 8.09. The number of ether oxygens (including phenoxy) is 1. The second-order valence-corrected chi connectivity index (χ2v) is 1.96. The molecule has 0 radical (unpaired) electrons. The Morgan fingerprint density at radius 3 is 2.27 bits per heavy atom. The van der Waals surface area contributed by atoms with Gasteiger partial charge in [-0.1, -0.05) is 25.6 Å². The van der Waals surface area contributed by atoms with Crippen LogP contribution < -0.4 is 4.74 Å². The first-order valence-corrected chi connectivity index (χ1v) is 3.09. The summed E-state index contributed by atoms with van der Waals surface area (Å²) in [4.78, 5) is 10.2. The number of rotatable bonds is 1. The van der Waals surface area contributed by atoms with Crippen LogP contribution >= 0.6 is 11.6 Å². The molecule has 0 aliphatic heterocycles. The van der Waals surface area contributed by atoms with Gasteiger partial charge in [0.2, 0.25) is 0 Å². The van der Waals surface area contributed by atoms with E-state index < -0.39 is 5.43 Å². The highest BCUT2D eigenvalue weighted by Crippen LogP contribution is 2.09. The minimum atomic E-state index is -0.814. The number of hydrogen-bond acceptors (Lipinski definition) is 2. The molecule has 0 bridgehead atoms. The predicted octanol–water partition coefficient (Wildman–Crippen LogP) is 3.06. The quantitative estimate of drug-likeness (QED) is 0.609. The van der Waals surface area contributed by atoms with Crippen LogP contribution in [0.25, 0.3) is 0 Å². The number of halogens is 1. The third-order valence-electron chi connectivity index (χ3n) is 0.941. The molecule has 0 aliphatic rings. The van der Waals surface area contributed by atoms with Crippen molar-refractivity contribution in [3.05, 3.63) is 30.3 Å². The molecule has 2 nitrogen and oxygen atoms in total. The number of para-hydroxylation sites is 1. The van der Waals surface area contributed by atoms with Gasteiger partial charge < -0.3 is 4.74 Å². The number of benzene rings is 1. The van der Waals surface area contributed by atoms with E-state index in [4.69, 9.17) is 11.6 Å². The van der Waals surface area contributed by atoms with Gasteiger partial charge in [0.05, 0.1) is 0 Å². The zero-order valence-electron chi connectivity index (χ0n) is 5.08. The molecule has 0 unspecified atom stereocenters. The van der Waals surface area contributed by atoms with E-state index in [1.54, 1.807) is 24.3 Å². The first-order chi connectivity index (χ1) is 4.79. The van der Waals surface area contributed by atoms with Crippen molar-refractivity contribution >= 4 is 17.0 Å². The maximum atomic E-state index is 10.2. The van der Waals surface area contributed by atoms with E-state index in [2.05, 4.69) is 4.74 Å². The number of carbonyl (C=O) groups is 1. The van der Waals surface area contributed by atoms with Crippen molar-refractivity contribution in [2.75, 3.05) is 0 Å². The molecule has 0 aromatic heterocycles. The highest BCUT2D eigenvalue weighted by Gasteiger charge is 1.95. The summed E-state index contributed by atoms with van der Waals surface area (Å²) in [5, 5.41) is 0. The van der Waals surface area contributed by atoms with E-state index in [0.29, 0.717) is 5.75 Å². The lowest BCUT2D eigenvalue weighted by Gasteiger charge is -1.95. The molecule has 0 heterocycles. The molecule has 0 atom stereocenters. The fourth-order valence-electron chi connectivity index (χ4n) is 0.581. The average molecular weight is 173 g/mol. The lowest BCUT2D eigenvalue weighted by molar-refractivity contribution is 0.225. The summed E-state index contributed by atoms with van der Waals surface area (Å²) >= 11 is 4.95. The van der Waals surface area contributed by atoms with Crippen LogP contribution in [0.2, 0.25) is 0 Å². The second kappa shape index (κ2) is 4.74. The van der Waals surface area contributed by atoms with Crippen LogP contribution in [0.1, 0.15) is 7.43 Å². The summed E-state index contributed by atoms with van der Waals surface area (Å²) in [5.74, 6) is 0.461. The van der Waals surface area contributed by atoms with E-state index in [0.717, 1.165) is 0 Å². The van der Waals surface area contributed by atoms with Crippen LogP contribution in [0.15, 0.2) is 30.3 Å². The molecule has 60 valence electrons. The Morgan fingerprint density at radius 2 is 1.82 bits per heavy atom. The molecular formula is C8H9ClO2. The highest BCUT2D eigenvalue weighted by atomic mass is 35.5. The van der Waals surface area contributed by atoms with Crippen molar-refractivity contribution in [1.29, 1.82) is 0 Å². The van der Waals surface area contributed by atoms with Gasteiger partial charge in [-0.2, -0.15) is 0 Å². The lowest BCUT2D eigenvalue weighted by Crippen LogP contribution is -1.94. The van der Waals surface area contributed by atoms with Crippen molar-refractivity contribution in [3.63, 3.8) is 0 Å². The van der Waals surface area contributed by atoms with Gasteiger partial charge in [0, 0.05) is 11.6 Å². The summed E-state index contributed by atoms with van der Waals surface area (Å²) in [6, 6.07) is 8.65. The summed E-state index contributed by atoms with van der Waals surface area (Å²) < 4.78 is 4.54.